The maximum atomic E-state index is 13.8. The van der Waals surface area contributed by atoms with Crippen LogP contribution in [0.1, 0.15) is 21.6 Å². The van der Waals surface area contributed by atoms with Crippen molar-refractivity contribution in [2.45, 2.75) is 19.6 Å². The maximum Gasteiger partial charge on any atom is 0.272 e. The molecule has 5 rings (SSSR count). The Morgan fingerprint density at radius 3 is 2.72 bits per heavy atom. The van der Waals surface area contributed by atoms with Gasteiger partial charge in [-0.15, -0.1) is 0 Å². The average Bonchev–Trinajstić information content (AvgIpc) is 3.09. The summed E-state index contributed by atoms with van der Waals surface area (Å²) in [6.45, 7) is 3.56. The molecule has 4 aromatic rings. The van der Waals surface area contributed by atoms with Crippen LogP contribution in [0.4, 0.5) is 15.9 Å². The fourth-order valence-corrected chi connectivity index (χ4v) is 3.94. The average molecular weight is 431 g/mol. The van der Waals surface area contributed by atoms with E-state index in [1.165, 1.54) is 6.07 Å². The minimum atomic E-state index is -0.451. The first-order valence-corrected chi connectivity index (χ1v) is 10.4. The number of aliphatic hydroxyl groups excluding tert-OH is 1. The van der Waals surface area contributed by atoms with E-state index in [0.29, 0.717) is 42.0 Å². The number of aromatic nitrogens is 3. The molecule has 1 saturated heterocycles. The molecule has 162 valence electrons. The van der Waals surface area contributed by atoms with E-state index in [2.05, 4.69) is 15.3 Å². The third-order valence-electron chi connectivity index (χ3n) is 5.55. The first-order valence-electron chi connectivity index (χ1n) is 10.4. The molecule has 8 heteroatoms. The highest BCUT2D eigenvalue weighted by atomic mass is 19.1. The Morgan fingerprint density at radius 1 is 1.16 bits per heavy atom. The van der Waals surface area contributed by atoms with Crippen LogP contribution >= 0.6 is 0 Å². The van der Waals surface area contributed by atoms with Gasteiger partial charge in [-0.2, -0.15) is 0 Å². The lowest BCUT2D eigenvalue weighted by molar-refractivity contribution is 0.101. The van der Waals surface area contributed by atoms with Crippen molar-refractivity contribution in [2.75, 3.05) is 23.3 Å². The van der Waals surface area contributed by atoms with Crippen molar-refractivity contribution >= 4 is 28.4 Å². The molecule has 1 aliphatic rings. The van der Waals surface area contributed by atoms with Gasteiger partial charge in [0.1, 0.15) is 23.0 Å². The molecule has 1 amide bonds. The molecule has 7 nitrogen and oxygen atoms in total. The Labute approximate surface area is 184 Å². The molecule has 2 N–H and O–H groups in total. The number of β-amino-alcohol motifs (C(OH)–C–C–N with tert-alkyl or cyclic N) is 1. The molecule has 0 unspecified atom stereocenters. The summed E-state index contributed by atoms with van der Waals surface area (Å²) in [6.07, 6.45) is 2.43. The van der Waals surface area contributed by atoms with Gasteiger partial charge in [0.25, 0.3) is 5.91 Å². The van der Waals surface area contributed by atoms with Crippen LogP contribution in [0.25, 0.3) is 11.0 Å². The van der Waals surface area contributed by atoms with Crippen molar-refractivity contribution in [3.63, 3.8) is 0 Å². The molecule has 0 atom stereocenters. The number of halogens is 1. The number of aliphatic hydroxyl groups is 1. The SMILES string of the molecule is Cc1cccc(Cn2c(C(=O)Nc3ccc(N4CC(O)C4)nc3)cc3cc(F)cnc32)c1. The van der Waals surface area contributed by atoms with Crippen molar-refractivity contribution in [2.24, 2.45) is 0 Å². The van der Waals surface area contributed by atoms with Crippen molar-refractivity contribution in [1.29, 1.82) is 0 Å². The molecule has 0 radical (unpaired) electrons. The summed E-state index contributed by atoms with van der Waals surface area (Å²) in [5.41, 5.74) is 3.61. The molecule has 0 aliphatic carbocycles. The van der Waals surface area contributed by atoms with Gasteiger partial charge in [-0.05, 0) is 36.8 Å². The fourth-order valence-electron chi connectivity index (χ4n) is 3.94. The molecular weight excluding hydrogens is 409 g/mol. The summed E-state index contributed by atoms with van der Waals surface area (Å²) in [5.74, 6) is -0.0282. The van der Waals surface area contributed by atoms with Crippen LogP contribution in [0.15, 0.2) is 60.9 Å². The van der Waals surface area contributed by atoms with Crippen LogP contribution in [0, 0.1) is 12.7 Å². The summed E-state index contributed by atoms with van der Waals surface area (Å²) in [7, 11) is 0. The number of carbonyl (C=O) groups excluding carboxylic acids is 1. The van der Waals surface area contributed by atoms with E-state index in [-0.39, 0.29) is 12.0 Å². The predicted octanol–water partition coefficient (Wildman–Crippen LogP) is 3.36. The lowest BCUT2D eigenvalue weighted by Crippen LogP contribution is -2.51. The lowest BCUT2D eigenvalue weighted by atomic mass is 10.1. The number of aryl methyl sites for hydroxylation is 1. The van der Waals surface area contributed by atoms with Crippen LogP contribution in [-0.2, 0) is 6.54 Å². The van der Waals surface area contributed by atoms with Crippen LogP contribution in [0.5, 0.6) is 0 Å². The summed E-state index contributed by atoms with van der Waals surface area (Å²) in [4.78, 5) is 23.7. The number of anilines is 2. The number of hydrogen-bond acceptors (Lipinski definition) is 5. The number of carbonyl (C=O) groups is 1. The van der Waals surface area contributed by atoms with E-state index < -0.39 is 5.82 Å². The van der Waals surface area contributed by atoms with Gasteiger partial charge in [0.15, 0.2) is 0 Å². The Balaban J connectivity index is 1.44. The maximum absolute atomic E-state index is 13.8. The van der Waals surface area contributed by atoms with Gasteiger partial charge >= 0.3 is 0 Å². The zero-order valence-electron chi connectivity index (χ0n) is 17.5. The number of benzene rings is 1. The minimum absolute atomic E-state index is 0.315. The topological polar surface area (TPSA) is 83.3 Å². The van der Waals surface area contributed by atoms with Gasteiger partial charge in [0.2, 0.25) is 0 Å². The van der Waals surface area contributed by atoms with Crippen LogP contribution in [-0.4, -0.2) is 44.7 Å². The van der Waals surface area contributed by atoms with Crippen LogP contribution in [0.2, 0.25) is 0 Å². The molecule has 3 aromatic heterocycles. The Kier molecular flexibility index (Phi) is 5.07. The van der Waals surface area contributed by atoms with E-state index in [4.69, 9.17) is 0 Å². The van der Waals surface area contributed by atoms with Gasteiger partial charge < -0.3 is 19.9 Å². The third kappa shape index (κ3) is 3.92. The van der Waals surface area contributed by atoms with E-state index in [1.807, 2.05) is 36.1 Å². The molecular formula is C24H22FN5O2. The van der Waals surface area contributed by atoms with Gasteiger partial charge in [-0.1, -0.05) is 29.8 Å². The molecule has 32 heavy (non-hydrogen) atoms. The normalized spacial score (nSPS) is 13.9. The molecule has 1 aliphatic heterocycles. The molecule has 0 spiro atoms. The summed E-state index contributed by atoms with van der Waals surface area (Å²) >= 11 is 0. The zero-order chi connectivity index (χ0) is 22.2. The number of rotatable bonds is 5. The Morgan fingerprint density at radius 2 is 2.00 bits per heavy atom. The largest absolute Gasteiger partial charge is 0.389 e. The smallest absolute Gasteiger partial charge is 0.272 e. The second-order valence-electron chi connectivity index (χ2n) is 8.09. The van der Waals surface area contributed by atoms with Crippen LogP contribution < -0.4 is 10.2 Å². The number of nitrogens with zero attached hydrogens (tertiary/aromatic N) is 4. The number of amides is 1. The first-order chi connectivity index (χ1) is 15.5. The van der Waals surface area contributed by atoms with E-state index in [9.17, 15) is 14.3 Å². The zero-order valence-corrected chi connectivity index (χ0v) is 17.5. The predicted molar refractivity (Wildman–Crippen MR) is 120 cm³/mol. The molecule has 0 bridgehead atoms. The number of pyridine rings is 2. The molecule has 1 aromatic carbocycles. The number of fused-ring (bicyclic) bond motifs is 1. The van der Waals surface area contributed by atoms with Crippen molar-refractivity contribution in [3.8, 4) is 0 Å². The first kappa shape index (κ1) is 20.1. The summed E-state index contributed by atoms with van der Waals surface area (Å²) in [6, 6.07) is 14.6. The monoisotopic (exact) mass is 431 g/mol. The number of hydrogen-bond donors (Lipinski definition) is 2. The van der Waals surface area contributed by atoms with E-state index in [0.717, 1.165) is 23.1 Å². The fraction of sp³-hybridized carbons (Fsp3) is 0.208. The highest BCUT2D eigenvalue weighted by molar-refractivity contribution is 6.06. The molecule has 4 heterocycles. The molecule has 0 saturated carbocycles. The van der Waals surface area contributed by atoms with Crippen LogP contribution in [0.3, 0.4) is 0 Å². The summed E-state index contributed by atoms with van der Waals surface area (Å²) < 4.78 is 15.6. The third-order valence-corrected chi connectivity index (χ3v) is 5.55. The van der Waals surface area contributed by atoms with Gasteiger partial charge in [-0.3, -0.25) is 4.79 Å². The summed E-state index contributed by atoms with van der Waals surface area (Å²) in [5, 5.41) is 12.9. The van der Waals surface area contributed by atoms with Crippen molar-refractivity contribution < 1.29 is 14.3 Å². The second-order valence-corrected chi connectivity index (χ2v) is 8.09. The van der Waals surface area contributed by atoms with Gasteiger partial charge in [0.05, 0.1) is 24.2 Å². The Hall–Kier alpha value is -3.78. The lowest BCUT2D eigenvalue weighted by Gasteiger charge is -2.36. The Bertz CT molecular complexity index is 1300. The molecule has 1 fully saturated rings. The van der Waals surface area contributed by atoms with Crippen molar-refractivity contribution in [3.05, 3.63) is 83.6 Å². The number of nitrogens with one attached hydrogen (secondary N) is 1. The van der Waals surface area contributed by atoms with E-state index in [1.54, 1.807) is 29.0 Å². The highest BCUT2D eigenvalue weighted by Crippen LogP contribution is 2.23. The van der Waals surface area contributed by atoms with Gasteiger partial charge in [-0.25, -0.2) is 14.4 Å². The quantitative estimate of drug-likeness (QED) is 0.506. The highest BCUT2D eigenvalue weighted by Gasteiger charge is 2.25. The minimum Gasteiger partial charge on any atom is -0.389 e. The second kappa shape index (κ2) is 8.05. The van der Waals surface area contributed by atoms with E-state index >= 15 is 0 Å². The van der Waals surface area contributed by atoms with Crippen molar-refractivity contribution in [1.82, 2.24) is 14.5 Å². The van der Waals surface area contributed by atoms with Gasteiger partial charge in [0, 0.05) is 25.0 Å². The standard InChI is InChI=1S/C24H22FN5O2/c1-15-3-2-4-16(7-15)12-30-21(9-17-8-18(25)10-27-23(17)30)24(32)28-19-5-6-22(26-11-19)29-13-20(31)14-29/h2-11,20,31H,12-14H2,1H3,(H,28,32).